The molecule has 2 saturated heterocycles. The number of benzene rings is 1. The minimum atomic E-state index is -0.873. The van der Waals surface area contributed by atoms with E-state index < -0.39 is 12.5 Å². The highest BCUT2D eigenvalue weighted by molar-refractivity contribution is 5.82. The summed E-state index contributed by atoms with van der Waals surface area (Å²) in [4.78, 5) is 14.9. The first-order chi connectivity index (χ1) is 12.1. The van der Waals surface area contributed by atoms with Gasteiger partial charge in [-0.2, -0.15) is 0 Å². The zero-order chi connectivity index (χ0) is 17.4. The molecule has 3 fully saturated rings. The molecule has 4 rings (SSSR count). The quantitative estimate of drug-likeness (QED) is 0.858. The number of hydrogen-bond donors (Lipinski definition) is 2. The molecule has 0 spiro atoms. The number of fused-ring (bicyclic) bond motifs is 3. The molecule has 0 aromatic heterocycles. The van der Waals surface area contributed by atoms with Crippen LogP contribution in [-0.4, -0.2) is 46.6 Å². The Labute approximate surface area is 149 Å². The third-order valence-electron chi connectivity index (χ3n) is 6.11. The second-order valence-corrected chi connectivity index (χ2v) is 7.81. The van der Waals surface area contributed by atoms with Gasteiger partial charge in [-0.3, -0.25) is 10.1 Å². The Kier molecular flexibility index (Phi) is 4.80. The number of nitrogens with zero attached hydrogens (tertiary/aromatic N) is 1. The van der Waals surface area contributed by atoms with E-state index in [9.17, 15) is 9.90 Å². The summed E-state index contributed by atoms with van der Waals surface area (Å²) in [5.74, 6) is 0.553. The number of hydrogen-bond acceptors (Lipinski definition) is 4. The van der Waals surface area contributed by atoms with Gasteiger partial charge in [0.15, 0.2) is 12.5 Å². The van der Waals surface area contributed by atoms with Crippen molar-refractivity contribution in [1.29, 1.82) is 0 Å². The van der Waals surface area contributed by atoms with E-state index in [0.717, 1.165) is 25.7 Å². The predicted molar refractivity (Wildman–Crippen MR) is 94.6 cm³/mol. The molecule has 2 N–H and O–H groups in total. The van der Waals surface area contributed by atoms with Crippen molar-refractivity contribution < 1.29 is 14.6 Å². The van der Waals surface area contributed by atoms with E-state index in [0.29, 0.717) is 12.0 Å². The summed E-state index contributed by atoms with van der Waals surface area (Å²) in [6, 6.07) is 10.6. The summed E-state index contributed by atoms with van der Waals surface area (Å²) in [5.41, 5.74) is 1.29. The summed E-state index contributed by atoms with van der Waals surface area (Å²) in [6.45, 7) is 2.07. The monoisotopic (exact) mass is 344 g/mol. The molecule has 1 saturated carbocycles. The summed E-state index contributed by atoms with van der Waals surface area (Å²) >= 11 is 0. The number of ether oxygens (including phenoxy) is 1. The summed E-state index contributed by atoms with van der Waals surface area (Å²) in [7, 11) is 0. The molecule has 3 aliphatic rings. The fourth-order valence-electron chi connectivity index (χ4n) is 4.81. The van der Waals surface area contributed by atoms with Crippen LogP contribution in [0, 0.1) is 5.92 Å². The van der Waals surface area contributed by atoms with Crippen LogP contribution >= 0.6 is 0 Å². The summed E-state index contributed by atoms with van der Waals surface area (Å²) < 4.78 is 5.65. The fourth-order valence-corrected chi connectivity index (χ4v) is 4.81. The SMILES string of the molecule is C[C@H](CCc1ccccc1)N[C@H]1OC(O)[C@@H]2CC3CCCC3N2C1=O. The van der Waals surface area contributed by atoms with Gasteiger partial charge in [0.2, 0.25) is 0 Å². The smallest absolute Gasteiger partial charge is 0.267 e. The van der Waals surface area contributed by atoms with Gasteiger partial charge in [-0.25, -0.2) is 0 Å². The second kappa shape index (κ2) is 7.06. The molecule has 3 unspecified atom stereocenters. The lowest BCUT2D eigenvalue weighted by molar-refractivity contribution is -0.220. The Morgan fingerprint density at radius 2 is 2.08 bits per heavy atom. The van der Waals surface area contributed by atoms with E-state index in [-0.39, 0.29) is 18.0 Å². The highest BCUT2D eigenvalue weighted by atomic mass is 16.6. The second-order valence-electron chi connectivity index (χ2n) is 7.81. The van der Waals surface area contributed by atoms with Crippen molar-refractivity contribution in [3.05, 3.63) is 35.9 Å². The van der Waals surface area contributed by atoms with Crippen molar-refractivity contribution in [2.45, 2.75) is 76.1 Å². The van der Waals surface area contributed by atoms with Gasteiger partial charge in [0, 0.05) is 12.1 Å². The van der Waals surface area contributed by atoms with Crippen molar-refractivity contribution in [2.75, 3.05) is 0 Å². The number of rotatable bonds is 5. The van der Waals surface area contributed by atoms with Gasteiger partial charge in [0.1, 0.15) is 0 Å². The predicted octanol–water partition coefficient (Wildman–Crippen LogP) is 2.04. The van der Waals surface area contributed by atoms with Gasteiger partial charge in [-0.05, 0) is 50.5 Å². The molecule has 2 heterocycles. The van der Waals surface area contributed by atoms with E-state index in [1.165, 1.54) is 18.4 Å². The first kappa shape index (κ1) is 17.0. The molecule has 5 nitrogen and oxygen atoms in total. The number of aliphatic hydroxyl groups excluding tert-OH is 1. The lowest BCUT2D eigenvalue weighted by Gasteiger charge is -2.41. The van der Waals surface area contributed by atoms with Crippen LogP contribution in [0.2, 0.25) is 0 Å². The van der Waals surface area contributed by atoms with Crippen molar-refractivity contribution in [3.8, 4) is 0 Å². The number of morpholine rings is 1. The molecule has 0 bridgehead atoms. The van der Waals surface area contributed by atoms with Crippen molar-refractivity contribution in [2.24, 2.45) is 5.92 Å². The van der Waals surface area contributed by atoms with E-state index >= 15 is 0 Å². The Morgan fingerprint density at radius 3 is 2.88 bits per heavy atom. The Morgan fingerprint density at radius 1 is 1.28 bits per heavy atom. The highest BCUT2D eigenvalue weighted by Crippen LogP contribution is 2.44. The van der Waals surface area contributed by atoms with Crippen molar-refractivity contribution in [3.63, 3.8) is 0 Å². The van der Waals surface area contributed by atoms with Gasteiger partial charge < -0.3 is 14.7 Å². The normalized spacial score (nSPS) is 35.5. The maximum Gasteiger partial charge on any atom is 0.267 e. The van der Waals surface area contributed by atoms with Gasteiger partial charge >= 0.3 is 0 Å². The van der Waals surface area contributed by atoms with Gasteiger partial charge in [0.25, 0.3) is 5.91 Å². The molecule has 136 valence electrons. The summed E-state index contributed by atoms with van der Waals surface area (Å²) in [6.07, 6.45) is 4.58. The van der Waals surface area contributed by atoms with Crippen LogP contribution in [-0.2, 0) is 16.0 Å². The minimum absolute atomic E-state index is 0.0104. The molecule has 5 heteroatoms. The number of amides is 1. The zero-order valence-corrected chi connectivity index (χ0v) is 14.8. The zero-order valence-electron chi connectivity index (χ0n) is 14.8. The Hall–Kier alpha value is -1.43. The van der Waals surface area contributed by atoms with Crippen LogP contribution in [0.5, 0.6) is 0 Å². The van der Waals surface area contributed by atoms with Gasteiger partial charge in [0.05, 0.1) is 6.04 Å². The van der Waals surface area contributed by atoms with E-state index in [1.54, 1.807) is 0 Å². The van der Waals surface area contributed by atoms with Crippen LogP contribution in [0.25, 0.3) is 0 Å². The van der Waals surface area contributed by atoms with Gasteiger partial charge in [-0.15, -0.1) is 0 Å². The van der Waals surface area contributed by atoms with Crippen LogP contribution in [0.1, 0.15) is 44.6 Å². The maximum absolute atomic E-state index is 12.9. The molecule has 25 heavy (non-hydrogen) atoms. The minimum Gasteiger partial charge on any atom is -0.366 e. The number of aryl methyl sites for hydroxylation is 1. The fraction of sp³-hybridized carbons (Fsp3) is 0.650. The lowest BCUT2D eigenvalue weighted by Crippen LogP contribution is -2.62. The Balaban J connectivity index is 1.36. The molecule has 1 amide bonds. The maximum atomic E-state index is 12.9. The van der Waals surface area contributed by atoms with Crippen molar-refractivity contribution in [1.82, 2.24) is 10.2 Å². The third-order valence-corrected chi connectivity index (χ3v) is 6.11. The van der Waals surface area contributed by atoms with Gasteiger partial charge in [-0.1, -0.05) is 36.8 Å². The number of nitrogens with one attached hydrogen (secondary N) is 1. The first-order valence-corrected chi connectivity index (χ1v) is 9.59. The van der Waals surface area contributed by atoms with Crippen LogP contribution in [0.4, 0.5) is 0 Å². The molecular weight excluding hydrogens is 316 g/mol. The summed E-state index contributed by atoms with van der Waals surface area (Å²) in [5, 5.41) is 13.7. The lowest BCUT2D eigenvalue weighted by atomic mass is 10.0. The standard InChI is InChI=1S/C20H28N2O3/c1-13(10-11-14-6-3-2-4-7-14)21-18-19(23)22-16-9-5-8-15(16)12-17(22)20(24)25-18/h2-4,6-7,13,15-18,20-21,24H,5,8-12H2,1H3/t13-,15?,16?,17+,18+,20?/m1/s1. The molecular formula is C20H28N2O3. The van der Waals surface area contributed by atoms with Crippen LogP contribution in [0.15, 0.2) is 30.3 Å². The number of aliphatic hydroxyl groups is 1. The van der Waals surface area contributed by atoms with Crippen LogP contribution in [0.3, 0.4) is 0 Å². The average molecular weight is 344 g/mol. The molecule has 0 radical (unpaired) electrons. The molecule has 2 aliphatic heterocycles. The molecule has 6 atom stereocenters. The Bertz CT molecular complexity index is 608. The van der Waals surface area contributed by atoms with Crippen molar-refractivity contribution >= 4 is 5.91 Å². The molecule has 1 aliphatic carbocycles. The average Bonchev–Trinajstić information content (AvgIpc) is 3.20. The third kappa shape index (κ3) is 3.33. The van der Waals surface area contributed by atoms with E-state index in [2.05, 4.69) is 24.4 Å². The largest absolute Gasteiger partial charge is 0.366 e. The first-order valence-electron chi connectivity index (χ1n) is 9.59. The molecule has 1 aromatic rings. The number of carbonyl (C=O) groups excluding carboxylic acids is 1. The van der Waals surface area contributed by atoms with E-state index in [4.69, 9.17) is 4.74 Å². The number of carbonyl (C=O) groups is 1. The van der Waals surface area contributed by atoms with E-state index in [1.807, 2.05) is 23.1 Å². The molecule has 1 aromatic carbocycles. The topological polar surface area (TPSA) is 61.8 Å². The highest BCUT2D eigenvalue weighted by Gasteiger charge is 2.53. The van der Waals surface area contributed by atoms with Crippen LogP contribution < -0.4 is 5.32 Å².